The molecule has 0 amide bonds. The molecule has 0 bridgehead atoms. The first-order chi connectivity index (χ1) is 7.36. The Kier molecular flexibility index (Phi) is 2.97. The van der Waals surface area contributed by atoms with Crippen LogP contribution in [-0.4, -0.2) is 31.5 Å². The van der Waals surface area contributed by atoms with Crippen LogP contribution >= 0.6 is 0 Å². The van der Waals surface area contributed by atoms with Crippen molar-refractivity contribution in [3.8, 4) is 0 Å². The number of carbonyl (C=O) groups is 1. The van der Waals surface area contributed by atoms with Gasteiger partial charge in [0.1, 0.15) is 6.61 Å². The maximum atomic E-state index is 11.6. The lowest BCUT2D eigenvalue weighted by molar-refractivity contribution is 0.0994. The zero-order chi connectivity index (χ0) is 10.5. The first-order valence-electron chi connectivity index (χ1n) is 4.85. The minimum Gasteiger partial charge on any atom is -0.463 e. The molecule has 0 fully saturated rings. The number of nitrogens with one attached hydrogen (secondary N) is 1. The Morgan fingerprint density at radius 3 is 2.87 bits per heavy atom. The maximum absolute atomic E-state index is 11.6. The molecule has 15 heavy (non-hydrogen) atoms. The standard InChI is InChI=1S/C11H12N2O2/c14-10(9-4-2-1-3-5-9)8-13-11-12-6-7-15-11/h1-5H,6-8H2,(H,12,13). The fraction of sp³-hybridized carbons (Fsp3) is 0.273. The normalized spacial score (nSPS) is 14.3. The summed E-state index contributed by atoms with van der Waals surface area (Å²) in [5, 5.41) is 2.86. The van der Waals surface area contributed by atoms with Crippen LogP contribution < -0.4 is 5.32 Å². The van der Waals surface area contributed by atoms with Crippen LogP contribution in [0.4, 0.5) is 0 Å². The number of benzene rings is 1. The van der Waals surface area contributed by atoms with Crippen molar-refractivity contribution in [2.45, 2.75) is 0 Å². The number of ether oxygens (including phenoxy) is 1. The molecular weight excluding hydrogens is 192 g/mol. The summed E-state index contributed by atoms with van der Waals surface area (Å²) >= 11 is 0. The van der Waals surface area contributed by atoms with Gasteiger partial charge in [-0.3, -0.25) is 4.79 Å². The van der Waals surface area contributed by atoms with Crippen molar-refractivity contribution in [1.29, 1.82) is 0 Å². The van der Waals surface area contributed by atoms with E-state index in [0.717, 1.165) is 0 Å². The fourth-order valence-electron chi connectivity index (χ4n) is 1.32. The van der Waals surface area contributed by atoms with Gasteiger partial charge in [0.15, 0.2) is 5.78 Å². The van der Waals surface area contributed by atoms with E-state index in [0.29, 0.717) is 24.7 Å². The number of ketones is 1. The molecule has 4 nitrogen and oxygen atoms in total. The lowest BCUT2D eigenvalue weighted by atomic mass is 10.1. The molecule has 4 heteroatoms. The van der Waals surface area contributed by atoms with Crippen LogP contribution in [0.2, 0.25) is 0 Å². The smallest absolute Gasteiger partial charge is 0.285 e. The van der Waals surface area contributed by atoms with E-state index in [2.05, 4.69) is 10.3 Å². The third-order valence-electron chi connectivity index (χ3n) is 2.08. The molecule has 0 aliphatic carbocycles. The van der Waals surface area contributed by atoms with Crippen LogP contribution in [0.5, 0.6) is 0 Å². The Morgan fingerprint density at radius 2 is 2.20 bits per heavy atom. The van der Waals surface area contributed by atoms with Crippen molar-refractivity contribution in [2.24, 2.45) is 4.99 Å². The Bertz CT molecular complexity index is 373. The first kappa shape index (κ1) is 9.71. The third-order valence-corrected chi connectivity index (χ3v) is 2.08. The van der Waals surface area contributed by atoms with E-state index in [1.165, 1.54) is 0 Å². The predicted octanol–water partition coefficient (Wildman–Crippen LogP) is 0.845. The average molecular weight is 204 g/mol. The molecule has 0 saturated carbocycles. The summed E-state index contributed by atoms with van der Waals surface area (Å²) in [6, 6.07) is 9.63. The molecule has 1 aliphatic heterocycles. The van der Waals surface area contributed by atoms with Gasteiger partial charge in [-0.05, 0) is 0 Å². The SMILES string of the molecule is O=C(CNC1=NCCO1)c1ccccc1. The van der Waals surface area contributed by atoms with Gasteiger partial charge in [0.25, 0.3) is 6.02 Å². The van der Waals surface area contributed by atoms with E-state index < -0.39 is 0 Å². The summed E-state index contributed by atoms with van der Waals surface area (Å²) in [5.74, 6) is 0.0359. The van der Waals surface area contributed by atoms with Crippen molar-refractivity contribution >= 4 is 11.8 Å². The highest BCUT2D eigenvalue weighted by molar-refractivity contribution is 5.99. The number of aliphatic imine (C=N–C) groups is 1. The van der Waals surface area contributed by atoms with E-state index in [9.17, 15) is 4.79 Å². The minimum absolute atomic E-state index is 0.0359. The van der Waals surface area contributed by atoms with Crippen LogP contribution in [0.1, 0.15) is 10.4 Å². The van der Waals surface area contributed by atoms with Gasteiger partial charge in [-0.2, -0.15) is 0 Å². The van der Waals surface area contributed by atoms with Crippen LogP contribution in [0.25, 0.3) is 0 Å². The Morgan fingerprint density at radius 1 is 1.40 bits per heavy atom. The largest absolute Gasteiger partial charge is 0.463 e. The molecule has 2 rings (SSSR count). The van der Waals surface area contributed by atoms with Crippen molar-refractivity contribution in [3.63, 3.8) is 0 Å². The van der Waals surface area contributed by atoms with Gasteiger partial charge in [0.2, 0.25) is 0 Å². The van der Waals surface area contributed by atoms with E-state index in [4.69, 9.17) is 4.74 Å². The molecule has 0 spiro atoms. The monoisotopic (exact) mass is 204 g/mol. The summed E-state index contributed by atoms with van der Waals surface area (Å²) < 4.78 is 5.13. The van der Waals surface area contributed by atoms with Gasteiger partial charge in [-0.1, -0.05) is 30.3 Å². The number of carbonyl (C=O) groups excluding carboxylic acids is 1. The van der Waals surface area contributed by atoms with Gasteiger partial charge in [-0.25, -0.2) is 4.99 Å². The summed E-state index contributed by atoms with van der Waals surface area (Å²) in [7, 11) is 0. The lowest BCUT2D eigenvalue weighted by Crippen LogP contribution is -2.29. The van der Waals surface area contributed by atoms with Crippen LogP contribution in [0.15, 0.2) is 35.3 Å². The van der Waals surface area contributed by atoms with Gasteiger partial charge < -0.3 is 10.1 Å². The molecule has 78 valence electrons. The summed E-state index contributed by atoms with van der Waals surface area (Å²) in [6.07, 6.45) is 0. The molecular formula is C11H12N2O2. The fourth-order valence-corrected chi connectivity index (χ4v) is 1.32. The second-order valence-corrected chi connectivity index (χ2v) is 3.18. The molecule has 0 radical (unpaired) electrons. The zero-order valence-electron chi connectivity index (χ0n) is 8.27. The summed E-state index contributed by atoms with van der Waals surface area (Å²) in [4.78, 5) is 15.7. The van der Waals surface area contributed by atoms with Crippen molar-refractivity contribution in [2.75, 3.05) is 19.7 Å². The van der Waals surface area contributed by atoms with Gasteiger partial charge >= 0.3 is 0 Å². The number of hydrogen-bond acceptors (Lipinski definition) is 4. The number of amidine groups is 1. The number of hydrogen-bond donors (Lipinski definition) is 1. The molecule has 1 heterocycles. The van der Waals surface area contributed by atoms with E-state index >= 15 is 0 Å². The Balaban J connectivity index is 1.87. The van der Waals surface area contributed by atoms with Gasteiger partial charge in [0, 0.05) is 5.56 Å². The summed E-state index contributed by atoms with van der Waals surface area (Å²) in [6.45, 7) is 1.49. The quantitative estimate of drug-likeness (QED) is 0.742. The molecule has 1 N–H and O–H groups in total. The van der Waals surface area contributed by atoms with E-state index in [1.54, 1.807) is 12.1 Å². The maximum Gasteiger partial charge on any atom is 0.285 e. The van der Waals surface area contributed by atoms with Crippen LogP contribution in [-0.2, 0) is 4.74 Å². The van der Waals surface area contributed by atoms with Crippen LogP contribution in [0.3, 0.4) is 0 Å². The zero-order valence-corrected chi connectivity index (χ0v) is 8.27. The Hall–Kier alpha value is -1.84. The molecule has 0 atom stereocenters. The molecule has 1 aliphatic rings. The second-order valence-electron chi connectivity index (χ2n) is 3.18. The second kappa shape index (κ2) is 4.59. The first-order valence-corrected chi connectivity index (χ1v) is 4.85. The Labute approximate surface area is 88.0 Å². The minimum atomic E-state index is 0.0359. The van der Waals surface area contributed by atoms with Crippen LogP contribution in [0, 0.1) is 0 Å². The molecule has 1 aromatic carbocycles. The number of Topliss-reactive ketones (excluding diaryl/α,β-unsaturated/α-hetero) is 1. The lowest BCUT2D eigenvalue weighted by Gasteiger charge is -2.04. The topological polar surface area (TPSA) is 50.7 Å². The van der Waals surface area contributed by atoms with Crippen molar-refractivity contribution in [1.82, 2.24) is 5.32 Å². The van der Waals surface area contributed by atoms with Gasteiger partial charge in [-0.15, -0.1) is 0 Å². The van der Waals surface area contributed by atoms with Gasteiger partial charge in [0.05, 0.1) is 13.1 Å². The summed E-state index contributed by atoms with van der Waals surface area (Å²) in [5.41, 5.74) is 0.698. The highest BCUT2D eigenvalue weighted by atomic mass is 16.5. The van der Waals surface area contributed by atoms with Crippen molar-refractivity contribution in [3.05, 3.63) is 35.9 Å². The molecule has 0 unspecified atom stereocenters. The average Bonchev–Trinajstić information content (AvgIpc) is 2.80. The molecule has 0 aromatic heterocycles. The number of rotatable bonds is 3. The molecule has 0 saturated heterocycles. The highest BCUT2D eigenvalue weighted by Gasteiger charge is 2.09. The third kappa shape index (κ3) is 2.56. The van der Waals surface area contributed by atoms with Crippen molar-refractivity contribution < 1.29 is 9.53 Å². The van der Waals surface area contributed by atoms with E-state index in [-0.39, 0.29) is 12.3 Å². The highest BCUT2D eigenvalue weighted by Crippen LogP contribution is 1.99. The predicted molar refractivity (Wildman–Crippen MR) is 57.0 cm³/mol. The number of nitrogens with zero attached hydrogens (tertiary/aromatic N) is 1. The molecule has 1 aromatic rings. The van der Waals surface area contributed by atoms with E-state index in [1.807, 2.05) is 18.2 Å².